The van der Waals surface area contributed by atoms with Crippen LogP contribution in [0.4, 0.5) is 0 Å². The summed E-state index contributed by atoms with van der Waals surface area (Å²) in [5.74, 6) is -1.12. The lowest BCUT2D eigenvalue weighted by Crippen LogP contribution is -2.00. The number of carboxylic acid groups (broad SMARTS) is 1. The smallest absolute Gasteiger partial charge is 0.307 e. The number of carboxylic acids is 1. The first-order valence-corrected chi connectivity index (χ1v) is 4.15. The van der Waals surface area contributed by atoms with Crippen LogP contribution in [-0.4, -0.2) is 16.2 Å². The molecule has 0 atom stereocenters. The Bertz CT molecular complexity index is 349. The fraction of sp³-hybridized carbons (Fsp3) is 0.125. The molecule has 0 aliphatic rings. The SMILES string of the molecule is O=C(O)Cc1cc(O)cc(Cl)c1Cl. The molecule has 0 spiro atoms. The van der Waals surface area contributed by atoms with Crippen LogP contribution in [0.1, 0.15) is 5.56 Å². The minimum Gasteiger partial charge on any atom is -0.508 e. The summed E-state index contributed by atoms with van der Waals surface area (Å²) in [6.45, 7) is 0. The summed E-state index contributed by atoms with van der Waals surface area (Å²) in [5, 5.41) is 17.9. The highest BCUT2D eigenvalue weighted by atomic mass is 35.5. The van der Waals surface area contributed by atoms with Crippen molar-refractivity contribution in [2.75, 3.05) is 0 Å². The minimum absolute atomic E-state index is 0.0920. The molecule has 0 aliphatic carbocycles. The zero-order valence-corrected chi connectivity index (χ0v) is 7.93. The van der Waals surface area contributed by atoms with Crippen LogP contribution in [0.3, 0.4) is 0 Å². The van der Waals surface area contributed by atoms with Gasteiger partial charge in [-0.2, -0.15) is 0 Å². The molecule has 5 heteroatoms. The van der Waals surface area contributed by atoms with Crippen molar-refractivity contribution in [1.82, 2.24) is 0 Å². The molecule has 0 saturated heterocycles. The fourth-order valence-corrected chi connectivity index (χ4v) is 1.33. The van der Waals surface area contributed by atoms with Crippen LogP contribution >= 0.6 is 23.2 Å². The molecule has 0 aromatic heterocycles. The lowest BCUT2D eigenvalue weighted by molar-refractivity contribution is -0.136. The molecule has 2 N–H and O–H groups in total. The van der Waals surface area contributed by atoms with Gasteiger partial charge in [-0.05, 0) is 11.6 Å². The van der Waals surface area contributed by atoms with E-state index in [9.17, 15) is 4.79 Å². The third-order valence-corrected chi connectivity index (χ3v) is 2.27. The number of carbonyl (C=O) groups is 1. The molecule has 0 fully saturated rings. The van der Waals surface area contributed by atoms with E-state index in [2.05, 4.69) is 0 Å². The number of halogens is 2. The quantitative estimate of drug-likeness (QED) is 0.805. The Morgan fingerprint density at radius 2 is 2.00 bits per heavy atom. The van der Waals surface area contributed by atoms with Gasteiger partial charge in [0, 0.05) is 6.07 Å². The average Bonchev–Trinajstić information content (AvgIpc) is 1.98. The van der Waals surface area contributed by atoms with Crippen molar-refractivity contribution < 1.29 is 15.0 Å². The molecule has 70 valence electrons. The van der Waals surface area contributed by atoms with Crippen LogP contribution in [0.5, 0.6) is 5.75 Å². The summed E-state index contributed by atoms with van der Waals surface area (Å²) in [7, 11) is 0. The zero-order chi connectivity index (χ0) is 10.0. The van der Waals surface area contributed by atoms with Crippen molar-refractivity contribution in [2.24, 2.45) is 0 Å². The highest BCUT2D eigenvalue weighted by molar-refractivity contribution is 6.42. The second-order valence-corrected chi connectivity index (χ2v) is 3.26. The van der Waals surface area contributed by atoms with E-state index in [0.717, 1.165) is 0 Å². The number of rotatable bonds is 2. The van der Waals surface area contributed by atoms with Gasteiger partial charge in [-0.15, -0.1) is 0 Å². The van der Waals surface area contributed by atoms with E-state index in [4.69, 9.17) is 33.4 Å². The lowest BCUT2D eigenvalue weighted by Gasteiger charge is -2.03. The van der Waals surface area contributed by atoms with Crippen LogP contribution < -0.4 is 0 Å². The van der Waals surface area contributed by atoms with Gasteiger partial charge in [-0.3, -0.25) is 4.79 Å². The third-order valence-electron chi connectivity index (χ3n) is 1.43. The molecule has 0 unspecified atom stereocenters. The molecule has 0 bridgehead atoms. The Kier molecular flexibility index (Phi) is 3.01. The second kappa shape index (κ2) is 3.85. The maximum absolute atomic E-state index is 10.4. The molecular formula is C8H6Cl2O3. The number of hydrogen-bond donors (Lipinski definition) is 2. The fourth-order valence-electron chi connectivity index (χ4n) is 0.922. The molecule has 1 aromatic carbocycles. The first-order valence-electron chi connectivity index (χ1n) is 3.39. The Balaban J connectivity index is 3.12. The molecule has 1 rings (SSSR count). The van der Waals surface area contributed by atoms with Gasteiger partial charge >= 0.3 is 5.97 Å². The molecule has 0 aliphatic heterocycles. The number of hydrogen-bond acceptors (Lipinski definition) is 2. The van der Waals surface area contributed by atoms with Gasteiger partial charge in [0.25, 0.3) is 0 Å². The van der Waals surface area contributed by atoms with Crippen molar-refractivity contribution >= 4 is 29.2 Å². The van der Waals surface area contributed by atoms with E-state index in [1.165, 1.54) is 12.1 Å². The Morgan fingerprint density at radius 1 is 1.38 bits per heavy atom. The summed E-state index contributed by atoms with van der Waals surface area (Å²) in [4.78, 5) is 10.4. The van der Waals surface area contributed by atoms with E-state index in [0.29, 0.717) is 5.56 Å². The second-order valence-electron chi connectivity index (χ2n) is 2.47. The van der Waals surface area contributed by atoms with E-state index < -0.39 is 5.97 Å². The predicted molar refractivity (Wildman–Crippen MR) is 49.5 cm³/mol. The largest absolute Gasteiger partial charge is 0.508 e. The number of benzene rings is 1. The van der Waals surface area contributed by atoms with Crippen molar-refractivity contribution in [3.63, 3.8) is 0 Å². The first-order chi connectivity index (χ1) is 6.00. The number of phenolic OH excluding ortho intramolecular Hbond substituents is 1. The summed E-state index contributed by atoms with van der Waals surface area (Å²) in [6.07, 6.45) is -0.257. The van der Waals surface area contributed by atoms with Crippen LogP contribution in [0, 0.1) is 0 Å². The van der Waals surface area contributed by atoms with E-state index in [1.807, 2.05) is 0 Å². The summed E-state index contributed by atoms with van der Waals surface area (Å²) >= 11 is 11.3. The number of aromatic hydroxyl groups is 1. The van der Waals surface area contributed by atoms with Gasteiger partial charge in [0.05, 0.1) is 16.5 Å². The molecule has 13 heavy (non-hydrogen) atoms. The Hall–Kier alpha value is -0.930. The van der Waals surface area contributed by atoms with Crippen LogP contribution in [0.25, 0.3) is 0 Å². The first kappa shape index (κ1) is 10.2. The molecule has 0 heterocycles. The van der Waals surface area contributed by atoms with Crippen molar-refractivity contribution in [1.29, 1.82) is 0 Å². The normalized spacial score (nSPS) is 10.0. The topological polar surface area (TPSA) is 57.5 Å². The molecular weight excluding hydrogens is 215 g/mol. The highest BCUT2D eigenvalue weighted by Crippen LogP contribution is 2.30. The van der Waals surface area contributed by atoms with Crippen LogP contribution in [0.2, 0.25) is 10.0 Å². The van der Waals surface area contributed by atoms with E-state index in [1.54, 1.807) is 0 Å². The predicted octanol–water partition coefficient (Wildman–Crippen LogP) is 2.33. The Morgan fingerprint density at radius 3 is 2.54 bits per heavy atom. The third kappa shape index (κ3) is 2.50. The monoisotopic (exact) mass is 220 g/mol. The molecule has 0 amide bonds. The minimum atomic E-state index is -1.02. The van der Waals surface area contributed by atoms with Gasteiger partial charge in [0.1, 0.15) is 5.75 Å². The maximum Gasteiger partial charge on any atom is 0.307 e. The standard InChI is InChI=1S/C8H6Cl2O3/c9-6-3-5(11)1-4(8(6)10)2-7(12)13/h1,3,11H,2H2,(H,12,13). The van der Waals surface area contributed by atoms with E-state index in [-0.39, 0.29) is 22.2 Å². The maximum atomic E-state index is 10.4. The molecule has 0 radical (unpaired) electrons. The molecule has 0 saturated carbocycles. The number of phenols is 1. The number of aliphatic carboxylic acids is 1. The lowest BCUT2D eigenvalue weighted by atomic mass is 10.1. The summed E-state index contributed by atoms with van der Waals surface area (Å²) in [5.41, 5.74) is 0.305. The Labute approximate surface area is 84.5 Å². The van der Waals surface area contributed by atoms with E-state index >= 15 is 0 Å². The van der Waals surface area contributed by atoms with Crippen molar-refractivity contribution in [3.05, 3.63) is 27.7 Å². The highest BCUT2D eigenvalue weighted by Gasteiger charge is 2.10. The van der Waals surface area contributed by atoms with Gasteiger partial charge < -0.3 is 10.2 Å². The van der Waals surface area contributed by atoms with Gasteiger partial charge in [0.2, 0.25) is 0 Å². The molecule has 3 nitrogen and oxygen atoms in total. The van der Waals surface area contributed by atoms with Crippen molar-refractivity contribution in [2.45, 2.75) is 6.42 Å². The molecule has 1 aromatic rings. The van der Waals surface area contributed by atoms with Gasteiger partial charge in [-0.1, -0.05) is 23.2 Å². The zero-order valence-electron chi connectivity index (χ0n) is 6.42. The summed E-state index contributed by atoms with van der Waals surface area (Å²) < 4.78 is 0. The van der Waals surface area contributed by atoms with Gasteiger partial charge in [-0.25, -0.2) is 0 Å². The summed E-state index contributed by atoms with van der Waals surface area (Å²) in [6, 6.07) is 2.54. The van der Waals surface area contributed by atoms with Gasteiger partial charge in [0.15, 0.2) is 0 Å². The van der Waals surface area contributed by atoms with Crippen LogP contribution in [0.15, 0.2) is 12.1 Å². The van der Waals surface area contributed by atoms with Crippen LogP contribution in [-0.2, 0) is 11.2 Å². The average molecular weight is 221 g/mol. The van der Waals surface area contributed by atoms with Crippen molar-refractivity contribution in [3.8, 4) is 5.75 Å².